The molecule has 4 aromatic rings. The predicted molar refractivity (Wildman–Crippen MR) is 128 cm³/mol. The normalized spacial score (nSPS) is 16.7. The second-order valence-electron chi connectivity index (χ2n) is 8.53. The van der Waals surface area contributed by atoms with Crippen molar-refractivity contribution in [3.63, 3.8) is 0 Å². The van der Waals surface area contributed by atoms with Crippen LogP contribution in [0.4, 0.5) is 0 Å². The zero-order valence-electron chi connectivity index (χ0n) is 18.6. The molecule has 2 aromatic carbocycles. The van der Waals surface area contributed by atoms with Gasteiger partial charge in [-0.2, -0.15) is 9.19 Å². The number of primary amides is 2. The Bertz CT molecular complexity index is 1580. The summed E-state index contributed by atoms with van der Waals surface area (Å²) in [5.74, 6) is -0.609. The molecule has 2 amide bonds. The monoisotopic (exact) mass is 491 g/mol. The van der Waals surface area contributed by atoms with Gasteiger partial charge in [-0.25, -0.2) is 8.42 Å². The Labute approximate surface area is 200 Å². The first kappa shape index (κ1) is 22.5. The van der Waals surface area contributed by atoms with Crippen molar-refractivity contribution < 1.29 is 22.7 Å². The van der Waals surface area contributed by atoms with E-state index in [2.05, 4.69) is 10.1 Å². The lowest BCUT2D eigenvalue weighted by molar-refractivity contribution is -0.133. The Kier molecular flexibility index (Phi) is 5.09. The molecule has 0 spiro atoms. The lowest BCUT2D eigenvalue weighted by Crippen LogP contribution is -2.38. The highest BCUT2D eigenvalue weighted by Gasteiger charge is 2.64. The van der Waals surface area contributed by atoms with E-state index >= 15 is 0 Å². The lowest BCUT2D eigenvalue weighted by atomic mass is 9.97. The fourth-order valence-electron chi connectivity index (χ4n) is 4.25. The van der Waals surface area contributed by atoms with Crippen molar-refractivity contribution in [1.29, 1.82) is 0 Å². The van der Waals surface area contributed by atoms with Gasteiger partial charge in [0.15, 0.2) is 0 Å². The van der Waals surface area contributed by atoms with Crippen molar-refractivity contribution >= 4 is 32.7 Å². The molecule has 0 aliphatic heterocycles. The van der Waals surface area contributed by atoms with Gasteiger partial charge < -0.3 is 16.2 Å². The molecule has 0 radical (unpaired) electrons. The summed E-state index contributed by atoms with van der Waals surface area (Å²) in [5.41, 5.74) is 12.4. The van der Waals surface area contributed by atoms with Gasteiger partial charge in [0, 0.05) is 23.1 Å². The third kappa shape index (κ3) is 3.89. The predicted octanol–water partition coefficient (Wildman–Crippen LogP) is 2.14. The van der Waals surface area contributed by atoms with Gasteiger partial charge in [-0.15, -0.1) is 0 Å². The van der Waals surface area contributed by atoms with Crippen LogP contribution < -0.4 is 16.2 Å². The average Bonchev–Trinajstić information content (AvgIpc) is 3.39. The number of nitrogens with zero attached hydrogens (tertiary/aromatic N) is 3. The highest BCUT2D eigenvalue weighted by Crippen LogP contribution is 2.59. The van der Waals surface area contributed by atoms with Gasteiger partial charge in [-0.05, 0) is 47.9 Å². The largest absolute Gasteiger partial charge is 0.457 e. The van der Waals surface area contributed by atoms with Gasteiger partial charge in [-0.3, -0.25) is 14.6 Å². The number of carbonyl (C=O) groups excluding carboxylic acids is 2. The van der Waals surface area contributed by atoms with E-state index in [9.17, 15) is 18.0 Å². The molecule has 11 heteroatoms. The number of nitrogens with two attached hydrogens (primary N) is 2. The summed E-state index contributed by atoms with van der Waals surface area (Å²) in [6.07, 6.45) is 5.93. The zero-order chi connectivity index (χ0) is 25.0. The fourth-order valence-corrected chi connectivity index (χ4v) is 4.78. The van der Waals surface area contributed by atoms with Crippen LogP contribution in [-0.2, 0) is 19.6 Å². The second kappa shape index (κ2) is 7.91. The number of carbonyl (C=O) groups is 2. The SMILES string of the molecule is CS(=O)(=O)n1cc(-c2ccc3c(Oc4ccc(C5CC5(C(N)=O)C(N)=O)cc4)ccnc3c2)cn1. The van der Waals surface area contributed by atoms with Gasteiger partial charge >= 0.3 is 0 Å². The summed E-state index contributed by atoms with van der Waals surface area (Å²) in [5, 5.41) is 4.67. The summed E-state index contributed by atoms with van der Waals surface area (Å²) in [7, 11) is -3.47. The molecule has 10 nitrogen and oxygen atoms in total. The van der Waals surface area contributed by atoms with Crippen LogP contribution in [0.25, 0.3) is 22.0 Å². The van der Waals surface area contributed by atoms with Crippen LogP contribution in [0, 0.1) is 5.41 Å². The number of ether oxygens (including phenoxy) is 1. The van der Waals surface area contributed by atoms with E-state index in [-0.39, 0.29) is 5.92 Å². The quantitative estimate of drug-likeness (QED) is 0.374. The van der Waals surface area contributed by atoms with E-state index in [4.69, 9.17) is 16.2 Å². The van der Waals surface area contributed by atoms with Gasteiger partial charge in [0.2, 0.25) is 11.8 Å². The Morgan fingerprint density at radius 2 is 1.77 bits per heavy atom. The average molecular weight is 492 g/mol. The van der Waals surface area contributed by atoms with Gasteiger partial charge in [0.1, 0.15) is 16.9 Å². The Morgan fingerprint density at radius 3 is 2.37 bits per heavy atom. The minimum absolute atomic E-state index is 0.304. The molecule has 2 aromatic heterocycles. The molecule has 1 saturated carbocycles. The number of amides is 2. The topological polar surface area (TPSA) is 160 Å². The van der Waals surface area contributed by atoms with E-state index in [0.29, 0.717) is 29.0 Å². The van der Waals surface area contributed by atoms with Crippen LogP contribution in [0.3, 0.4) is 0 Å². The molecule has 1 fully saturated rings. The van der Waals surface area contributed by atoms with Crippen LogP contribution in [0.2, 0.25) is 0 Å². The molecule has 1 atom stereocenters. The van der Waals surface area contributed by atoms with Crippen LogP contribution >= 0.6 is 0 Å². The molecule has 35 heavy (non-hydrogen) atoms. The molecule has 1 aliphatic carbocycles. The highest BCUT2D eigenvalue weighted by molar-refractivity contribution is 7.89. The molecule has 2 heterocycles. The molecule has 5 rings (SSSR count). The molecule has 4 N–H and O–H groups in total. The number of fused-ring (bicyclic) bond motifs is 1. The Balaban J connectivity index is 1.39. The number of hydrogen-bond donors (Lipinski definition) is 2. The summed E-state index contributed by atoms with van der Waals surface area (Å²) in [6.45, 7) is 0. The summed E-state index contributed by atoms with van der Waals surface area (Å²) in [4.78, 5) is 27.9. The van der Waals surface area contributed by atoms with Crippen LogP contribution in [0.1, 0.15) is 17.9 Å². The summed E-state index contributed by atoms with van der Waals surface area (Å²) < 4.78 is 30.4. The second-order valence-corrected chi connectivity index (χ2v) is 10.4. The third-order valence-electron chi connectivity index (χ3n) is 6.29. The Hall–Kier alpha value is -4.25. The maximum absolute atomic E-state index is 11.8. The van der Waals surface area contributed by atoms with Crippen molar-refractivity contribution in [3.05, 3.63) is 72.7 Å². The smallest absolute Gasteiger partial charge is 0.250 e. The number of benzene rings is 2. The lowest BCUT2D eigenvalue weighted by Gasteiger charge is -2.11. The molecule has 178 valence electrons. The van der Waals surface area contributed by atoms with E-state index in [1.165, 1.54) is 12.4 Å². The molecule has 0 saturated heterocycles. The number of rotatable bonds is 7. The maximum Gasteiger partial charge on any atom is 0.250 e. The van der Waals surface area contributed by atoms with Crippen molar-refractivity contribution in [2.75, 3.05) is 6.26 Å². The first-order valence-electron chi connectivity index (χ1n) is 10.6. The minimum Gasteiger partial charge on any atom is -0.457 e. The summed E-state index contributed by atoms with van der Waals surface area (Å²) in [6, 6.07) is 14.3. The number of aromatic nitrogens is 3. The zero-order valence-corrected chi connectivity index (χ0v) is 19.4. The van der Waals surface area contributed by atoms with Gasteiger partial charge in [-0.1, -0.05) is 18.2 Å². The fraction of sp³-hybridized carbons (Fsp3) is 0.167. The minimum atomic E-state index is -3.47. The maximum atomic E-state index is 11.8. The van der Waals surface area contributed by atoms with E-state index in [1.807, 2.05) is 18.2 Å². The highest BCUT2D eigenvalue weighted by atomic mass is 32.2. The van der Waals surface area contributed by atoms with E-state index in [0.717, 1.165) is 26.9 Å². The van der Waals surface area contributed by atoms with Gasteiger partial charge in [0.25, 0.3) is 10.0 Å². The van der Waals surface area contributed by atoms with Crippen LogP contribution in [0.5, 0.6) is 11.5 Å². The van der Waals surface area contributed by atoms with Crippen molar-refractivity contribution in [1.82, 2.24) is 14.2 Å². The van der Waals surface area contributed by atoms with E-state index in [1.54, 1.807) is 36.5 Å². The van der Waals surface area contributed by atoms with Crippen LogP contribution in [-0.4, -0.2) is 40.7 Å². The van der Waals surface area contributed by atoms with Crippen molar-refractivity contribution in [3.8, 4) is 22.6 Å². The van der Waals surface area contributed by atoms with E-state index < -0.39 is 27.3 Å². The first-order chi connectivity index (χ1) is 16.6. The molecule has 1 aliphatic rings. The molecular weight excluding hydrogens is 470 g/mol. The standard InChI is InChI=1S/C24H21N5O5S/c1-35(32,33)29-13-16(12-28-29)15-4-7-18-20(10-15)27-9-8-21(18)34-17-5-2-14(3-6-17)19-11-24(19,22(25)30)23(26)31/h2-10,12-13,19H,11H2,1H3,(H2,25,30)(H2,26,31). The van der Waals surface area contributed by atoms with Crippen molar-refractivity contribution in [2.24, 2.45) is 16.9 Å². The van der Waals surface area contributed by atoms with Crippen molar-refractivity contribution in [2.45, 2.75) is 12.3 Å². The van der Waals surface area contributed by atoms with Crippen LogP contribution in [0.15, 0.2) is 67.1 Å². The summed E-state index contributed by atoms with van der Waals surface area (Å²) >= 11 is 0. The molecular formula is C24H21N5O5S. The first-order valence-corrected chi connectivity index (χ1v) is 12.5. The molecule has 1 unspecified atom stereocenters. The van der Waals surface area contributed by atoms with Gasteiger partial charge in [0.05, 0.1) is 24.2 Å². The number of pyridine rings is 1. The number of hydrogen-bond acceptors (Lipinski definition) is 7. The third-order valence-corrected chi connectivity index (χ3v) is 7.17. The molecule has 0 bridgehead atoms. The Morgan fingerprint density at radius 1 is 1.06 bits per heavy atom.